The van der Waals surface area contributed by atoms with Crippen LogP contribution in [0.25, 0.3) is 0 Å². The van der Waals surface area contributed by atoms with Gasteiger partial charge in [-0.15, -0.1) is 0 Å². The van der Waals surface area contributed by atoms with Crippen LogP contribution in [0.4, 0.5) is 0 Å². The lowest BCUT2D eigenvalue weighted by molar-refractivity contribution is -0.118. The summed E-state index contributed by atoms with van der Waals surface area (Å²) >= 11 is 12.1. The lowest BCUT2D eigenvalue weighted by atomic mass is 10.0. The topological polar surface area (TPSA) is 51.3 Å². The molecule has 1 amide bonds. The second-order valence-corrected chi connectivity index (χ2v) is 8.76. The van der Waals surface area contributed by atoms with Crippen LogP contribution in [0.5, 0.6) is 0 Å². The Morgan fingerprint density at radius 1 is 1.03 bits per heavy atom. The quantitative estimate of drug-likeness (QED) is 0.423. The van der Waals surface area contributed by atoms with Crippen molar-refractivity contribution < 1.29 is 4.79 Å². The monoisotopic (exact) mass is 457 g/mol. The minimum absolute atomic E-state index is 0.264. The van der Waals surface area contributed by atoms with E-state index in [-0.39, 0.29) is 5.91 Å². The van der Waals surface area contributed by atoms with Crippen LogP contribution in [0.3, 0.4) is 0 Å². The van der Waals surface area contributed by atoms with Gasteiger partial charge in [0.05, 0.1) is 10.0 Å². The van der Waals surface area contributed by atoms with E-state index in [1.54, 1.807) is 0 Å². The molecule has 0 saturated carbocycles. The van der Waals surface area contributed by atoms with Gasteiger partial charge < -0.3 is 15.2 Å². The molecule has 2 N–H and O–H groups in total. The highest BCUT2D eigenvalue weighted by molar-refractivity contribution is 6.42. The maximum absolute atomic E-state index is 11.4. The van der Waals surface area contributed by atoms with Crippen molar-refractivity contribution in [3.8, 4) is 0 Å². The van der Waals surface area contributed by atoms with Crippen LogP contribution in [0.2, 0.25) is 10.0 Å². The number of benzene rings is 2. The van der Waals surface area contributed by atoms with Crippen LogP contribution < -0.4 is 5.73 Å². The molecular formula is C25H29Cl2N3O. The number of primary amides is 1. The van der Waals surface area contributed by atoms with Gasteiger partial charge in [0.25, 0.3) is 0 Å². The van der Waals surface area contributed by atoms with Crippen LogP contribution in [-0.4, -0.2) is 29.0 Å². The molecule has 2 aromatic carbocycles. The van der Waals surface area contributed by atoms with Gasteiger partial charge in [0, 0.05) is 31.4 Å². The van der Waals surface area contributed by atoms with Crippen molar-refractivity contribution in [1.82, 2.24) is 9.47 Å². The number of aromatic nitrogens is 1. The summed E-state index contributed by atoms with van der Waals surface area (Å²) in [6.07, 6.45) is 5.03. The summed E-state index contributed by atoms with van der Waals surface area (Å²) in [5, 5.41) is 1.17. The van der Waals surface area contributed by atoms with Crippen molar-refractivity contribution in [2.75, 3.05) is 13.6 Å². The number of nitrogens with two attached hydrogens (primary N) is 1. The van der Waals surface area contributed by atoms with Crippen molar-refractivity contribution >= 4 is 29.1 Å². The van der Waals surface area contributed by atoms with Gasteiger partial charge in [-0.3, -0.25) is 4.79 Å². The molecule has 1 heterocycles. The summed E-state index contributed by atoms with van der Waals surface area (Å²) in [4.78, 5) is 13.7. The third-order valence-corrected chi connectivity index (χ3v) is 6.13. The summed E-state index contributed by atoms with van der Waals surface area (Å²) in [6, 6.07) is 18.3. The maximum Gasteiger partial charge on any atom is 0.217 e. The molecule has 0 saturated heterocycles. The van der Waals surface area contributed by atoms with Gasteiger partial charge in [-0.05, 0) is 67.7 Å². The fourth-order valence-corrected chi connectivity index (χ4v) is 4.14. The molecule has 1 aromatic heterocycles. The number of amides is 1. The molecule has 3 aromatic rings. The Hall–Kier alpha value is -2.27. The number of nitrogens with zero attached hydrogens (tertiary/aromatic N) is 2. The molecule has 164 valence electrons. The van der Waals surface area contributed by atoms with E-state index in [4.69, 9.17) is 28.9 Å². The Balaban J connectivity index is 1.60. The highest BCUT2D eigenvalue weighted by atomic mass is 35.5. The molecule has 0 atom stereocenters. The lowest BCUT2D eigenvalue weighted by Crippen LogP contribution is -2.21. The van der Waals surface area contributed by atoms with Crippen LogP contribution >= 0.6 is 23.2 Å². The van der Waals surface area contributed by atoms with Gasteiger partial charge in [-0.25, -0.2) is 0 Å². The Morgan fingerprint density at radius 3 is 2.52 bits per heavy atom. The number of halogens is 2. The molecular weight excluding hydrogens is 429 g/mol. The molecule has 0 fully saturated rings. The zero-order chi connectivity index (χ0) is 22.2. The Labute approximate surface area is 194 Å². The SMILES string of the molecule is CN(CCCn1ccc(Cc2ccccc2)c1CCC(N)=O)Cc1ccc(Cl)c(Cl)c1. The second kappa shape index (κ2) is 11.4. The van der Waals surface area contributed by atoms with Gasteiger partial charge >= 0.3 is 0 Å². The largest absolute Gasteiger partial charge is 0.370 e. The van der Waals surface area contributed by atoms with Crippen LogP contribution in [0.1, 0.15) is 35.2 Å². The average Bonchev–Trinajstić information content (AvgIpc) is 3.11. The van der Waals surface area contributed by atoms with Crippen LogP contribution in [0.15, 0.2) is 60.8 Å². The van der Waals surface area contributed by atoms with Crippen molar-refractivity contribution in [1.29, 1.82) is 0 Å². The highest BCUT2D eigenvalue weighted by Gasteiger charge is 2.12. The number of aryl methyl sites for hydroxylation is 1. The van der Waals surface area contributed by atoms with E-state index >= 15 is 0 Å². The molecule has 0 bridgehead atoms. The zero-order valence-electron chi connectivity index (χ0n) is 17.9. The van der Waals surface area contributed by atoms with Crippen LogP contribution in [-0.2, 0) is 30.7 Å². The van der Waals surface area contributed by atoms with E-state index < -0.39 is 0 Å². The van der Waals surface area contributed by atoms with Crippen molar-refractivity contribution in [2.24, 2.45) is 5.73 Å². The predicted octanol–water partition coefficient (Wildman–Crippen LogP) is 5.33. The van der Waals surface area contributed by atoms with Crippen molar-refractivity contribution in [3.63, 3.8) is 0 Å². The smallest absolute Gasteiger partial charge is 0.217 e. The molecule has 0 radical (unpaired) electrons. The van der Waals surface area contributed by atoms with Crippen molar-refractivity contribution in [2.45, 2.75) is 38.8 Å². The molecule has 0 aliphatic rings. The summed E-state index contributed by atoms with van der Waals surface area (Å²) in [6.45, 7) is 2.66. The molecule has 6 heteroatoms. The third-order valence-electron chi connectivity index (χ3n) is 5.39. The minimum atomic E-state index is -0.264. The molecule has 31 heavy (non-hydrogen) atoms. The summed E-state index contributed by atoms with van der Waals surface area (Å²) < 4.78 is 2.27. The predicted molar refractivity (Wildman–Crippen MR) is 129 cm³/mol. The van der Waals surface area contributed by atoms with Gasteiger partial charge in [0.15, 0.2) is 0 Å². The molecule has 0 aliphatic heterocycles. The third kappa shape index (κ3) is 7.13. The van der Waals surface area contributed by atoms with Gasteiger partial charge in [-0.1, -0.05) is 59.6 Å². The van der Waals surface area contributed by atoms with Crippen molar-refractivity contribution in [3.05, 3.63) is 93.2 Å². The van der Waals surface area contributed by atoms with Crippen LogP contribution in [0, 0.1) is 0 Å². The first kappa shape index (κ1) is 23.4. The normalized spacial score (nSPS) is 11.2. The second-order valence-electron chi connectivity index (χ2n) is 7.95. The molecule has 0 aliphatic carbocycles. The number of hydrogen-bond acceptors (Lipinski definition) is 2. The first-order valence-corrected chi connectivity index (χ1v) is 11.3. The standard InChI is InChI=1S/C25H29Cl2N3O/c1-29(18-20-8-9-22(26)23(27)17-20)13-5-14-30-15-12-21(24(30)10-11-25(28)31)16-19-6-3-2-4-7-19/h2-4,6-9,12,15,17H,5,10-11,13-14,16,18H2,1H3,(H2,28,31). The van der Waals surface area contributed by atoms with E-state index in [1.165, 1.54) is 16.8 Å². The maximum atomic E-state index is 11.4. The number of carbonyl (C=O) groups excluding carboxylic acids is 1. The Bertz CT molecular complexity index is 1000. The zero-order valence-corrected chi connectivity index (χ0v) is 19.4. The number of carbonyl (C=O) groups is 1. The number of rotatable bonds is 11. The highest BCUT2D eigenvalue weighted by Crippen LogP contribution is 2.23. The fourth-order valence-electron chi connectivity index (χ4n) is 3.82. The summed E-state index contributed by atoms with van der Waals surface area (Å²) in [5.41, 5.74) is 10.3. The van der Waals surface area contributed by atoms with E-state index in [9.17, 15) is 4.79 Å². The van der Waals surface area contributed by atoms with Gasteiger partial charge in [-0.2, -0.15) is 0 Å². The lowest BCUT2D eigenvalue weighted by Gasteiger charge is -2.18. The molecule has 0 unspecified atom stereocenters. The first-order chi connectivity index (χ1) is 14.9. The molecule has 4 nitrogen and oxygen atoms in total. The molecule has 3 rings (SSSR count). The Morgan fingerprint density at radius 2 is 1.81 bits per heavy atom. The summed E-state index contributed by atoms with van der Waals surface area (Å²) in [5.74, 6) is -0.264. The van der Waals surface area contributed by atoms with E-state index in [0.29, 0.717) is 22.9 Å². The van der Waals surface area contributed by atoms with Gasteiger partial charge in [0.1, 0.15) is 0 Å². The van der Waals surface area contributed by atoms with E-state index in [1.807, 2.05) is 24.3 Å². The van der Waals surface area contributed by atoms with E-state index in [0.717, 1.165) is 38.0 Å². The molecule has 0 spiro atoms. The Kier molecular flexibility index (Phi) is 8.59. The summed E-state index contributed by atoms with van der Waals surface area (Å²) in [7, 11) is 2.10. The minimum Gasteiger partial charge on any atom is -0.370 e. The van der Waals surface area contributed by atoms with E-state index in [2.05, 4.69) is 53.0 Å². The first-order valence-electron chi connectivity index (χ1n) is 10.5. The fraction of sp³-hybridized carbons (Fsp3) is 0.320. The van der Waals surface area contributed by atoms with Gasteiger partial charge in [0.2, 0.25) is 5.91 Å². The average molecular weight is 458 g/mol. The number of hydrogen-bond donors (Lipinski definition) is 1.